The predicted molar refractivity (Wildman–Crippen MR) is 103 cm³/mol. The van der Waals surface area contributed by atoms with Gasteiger partial charge in [0.1, 0.15) is 23.7 Å². The summed E-state index contributed by atoms with van der Waals surface area (Å²) >= 11 is 0. The third kappa shape index (κ3) is 3.55. The predicted octanol–water partition coefficient (Wildman–Crippen LogP) is 4.31. The quantitative estimate of drug-likeness (QED) is 0.575. The fourth-order valence-electron chi connectivity index (χ4n) is 2.97. The van der Waals surface area contributed by atoms with Crippen molar-refractivity contribution in [1.82, 2.24) is 9.78 Å². The molecule has 0 saturated carbocycles. The van der Waals surface area contributed by atoms with E-state index >= 15 is 0 Å². The van der Waals surface area contributed by atoms with Crippen LogP contribution in [0.25, 0.3) is 11.0 Å². The summed E-state index contributed by atoms with van der Waals surface area (Å²) < 4.78 is 13.2. The molecule has 0 aliphatic rings. The number of rotatable bonds is 5. The molecule has 6 heteroatoms. The van der Waals surface area contributed by atoms with E-state index in [9.17, 15) is 4.79 Å². The third-order valence-electron chi connectivity index (χ3n) is 4.27. The first-order valence-corrected chi connectivity index (χ1v) is 8.61. The number of carbonyl (C=O) groups excluding carboxylic acids is 1. The van der Waals surface area contributed by atoms with Gasteiger partial charge in [-0.3, -0.25) is 9.48 Å². The van der Waals surface area contributed by atoms with Crippen LogP contribution in [0.3, 0.4) is 0 Å². The van der Waals surface area contributed by atoms with Crippen LogP contribution >= 0.6 is 0 Å². The van der Waals surface area contributed by atoms with Gasteiger partial charge in [-0.25, -0.2) is 0 Å². The first kappa shape index (κ1) is 16.9. The molecule has 0 aliphatic carbocycles. The molecule has 4 aromatic rings. The summed E-state index contributed by atoms with van der Waals surface area (Å²) in [5.41, 5.74) is 2.21. The van der Waals surface area contributed by atoms with E-state index in [1.807, 2.05) is 48.5 Å². The van der Waals surface area contributed by atoms with Crippen LogP contribution in [-0.2, 0) is 13.7 Å². The highest BCUT2D eigenvalue weighted by atomic mass is 16.5. The van der Waals surface area contributed by atoms with Crippen LogP contribution < -0.4 is 10.1 Å². The molecule has 0 bridgehead atoms. The summed E-state index contributed by atoms with van der Waals surface area (Å²) in [6.45, 7) is 2.23. The maximum atomic E-state index is 12.7. The average molecular weight is 361 g/mol. The summed E-state index contributed by atoms with van der Waals surface area (Å²) in [6.07, 6.45) is 1.77. The van der Waals surface area contributed by atoms with E-state index in [0.717, 1.165) is 5.56 Å². The first-order chi connectivity index (χ1) is 13.1. The largest absolute Gasteiger partial charge is 0.489 e. The number of aryl methyl sites for hydroxylation is 2. The smallest absolute Gasteiger partial charge is 0.261 e. The average Bonchev–Trinajstić information content (AvgIpc) is 3.22. The lowest BCUT2D eigenvalue weighted by Gasteiger charge is -2.07. The van der Waals surface area contributed by atoms with Crippen molar-refractivity contribution in [2.75, 3.05) is 5.32 Å². The number of ether oxygens (including phenoxy) is 1. The van der Waals surface area contributed by atoms with Crippen LogP contribution in [0.5, 0.6) is 5.75 Å². The number of hydrogen-bond acceptors (Lipinski definition) is 4. The Kier molecular flexibility index (Phi) is 4.38. The Bertz CT molecular complexity index is 1100. The maximum absolute atomic E-state index is 12.7. The Morgan fingerprint density at radius 2 is 2.00 bits per heavy atom. The van der Waals surface area contributed by atoms with Crippen molar-refractivity contribution in [3.63, 3.8) is 0 Å². The number of nitrogens with zero attached hydrogens (tertiary/aromatic N) is 2. The van der Waals surface area contributed by atoms with Crippen LogP contribution in [0.4, 0.5) is 5.82 Å². The van der Waals surface area contributed by atoms with Crippen molar-refractivity contribution in [2.45, 2.75) is 13.5 Å². The highest BCUT2D eigenvalue weighted by molar-refractivity contribution is 6.13. The van der Waals surface area contributed by atoms with E-state index in [4.69, 9.17) is 9.15 Å². The van der Waals surface area contributed by atoms with Crippen molar-refractivity contribution < 1.29 is 13.9 Å². The van der Waals surface area contributed by atoms with E-state index in [-0.39, 0.29) is 5.91 Å². The number of fused-ring (bicyclic) bond motifs is 1. The molecule has 2 aromatic heterocycles. The van der Waals surface area contributed by atoms with Gasteiger partial charge in [0.25, 0.3) is 5.91 Å². The molecule has 0 aliphatic heterocycles. The number of aromatic nitrogens is 2. The van der Waals surface area contributed by atoms with Gasteiger partial charge in [-0.05, 0) is 30.7 Å². The SMILES string of the molecule is Cc1oc2ccc(OCc3ccccc3)cc2c1C(=O)Nc1ccn(C)n1. The summed E-state index contributed by atoms with van der Waals surface area (Å²) in [5.74, 6) is 1.47. The Morgan fingerprint density at radius 1 is 1.19 bits per heavy atom. The van der Waals surface area contributed by atoms with Gasteiger partial charge in [0.15, 0.2) is 5.82 Å². The molecule has 0 saturated heterocycles. The maximum Gasteiger partial charge on any atom is 0.261 e. The van der Waals surface area contributed by atoms with Crippen LogP contribution in [0.2, 0.25) is 0 Å². The fourth-order valence-corrected chi connectivity index (χ4v) is 2.97. The second-order valence-electron chi connectivity index (χ2n) is 6.29. The van der Waals surface area contributed by atoms with Gasteiger partial charge in [-0.2, -0.15) is 5.10 Å². The van der Waals surface area contributed by atoms with Gasteiger partial charge >= 0.3 is 0 Å². The summed E-state index contributed by atoms with van der Waals surface area (Å²) in [6, 6.07) is 17.2. The molecular formula is C21H19N3O3. The molecule has 6 nitrogen and oxygen atoms in total. The molecule has 0 spiro atoms. The van der Waals surface area contributed by atoms with Gasteiger partial charge in [-0.15, -0.1) is 0 Å². The minimum absolute atomic E-state index is 0.259. The minimum Gasteiger partial charge on any atom is -0.489 e. The van der Waals surface area contributed by atoms with Gasteiger partial charge in [0.05, 0.1) is 5.56 Å². The van der Waals surface area contributed by atoms with Crippen molar-refractivity contribution >= 4 is 22.7 Å². The number of hydrogen-bond donors (Lipinski definition) is 1. The fraction of sp³-hybridized carbons (Fsp3) is 0.143. The highest BCUT2D eigenvalue weighted by Crippen LogP contribution is 2.30. The van der Waals surface area contributed by atoms with E-state index in [1.54, 1.807) is 30.9 Å². The molecule has 4 rings (SSSR count). The number of nitrogens with one attached hydrogen (secondary N) is 1. The molecule has 136 valence electrons. The summed E-state index contributed by atoms with van der Waals surface area (Å²) in [4.78, 5) is 12.7. The molecule has 1 amide bonds. The molecule has 1 N–H and O–H groups in total. The van der Waals surface area contributed by atoms with Gasteiger partial charge < -0.3 is 14.5 Å². The summed E-state index contributed by atoms with van der Waals surface area (Å²) in [7, 11) is 1.80. The van der Waals surface area contributed by atoms with Gasteiger partial charge in [0, 0.05) is 24.7 Å². The van der Waals surface area contributed by atoms with E-state index in [2.05, 4.69) is 10.4 Å². The number of carbonyl (C=O) groups is 1. The molecule has 0 radical (unpaired) electrons. The Morgan fingerprint density at radius 3 is 2.74 bits per heavy atom. The monoisotopic (exact) mass is 361 g/mol. The minimum atomic E-state index is -0.259. The summed E-state index contributed by atoms with van der Waals surface area (Å²) in [5, 5.41) is 7.70. The van der Waals surface area contributed by atoms with Gasteiger partial charge in [-0.1, -0.05) is 30.3 Å². The molecule has 27 heavy (non-hydrogen) atoms. The zero-order valence-electron chi connectivity index (χ0n) is 15.1. The normalized spacial score (nSPS) is 10.9. The third-order valence-corrected chi connectivity index (χ3v) is 4.27. The van der Waals surface area contributed by atoms with E-state index < -0.39 is 0 Å². The molecule has 2 aromatic carbocycles. The zero-order valence-corrected chi connectivity index (χ0v) is 15.1. The lowest BCUT2D eigenvalue weighted by molar-refractivity contribution is 0.102. The lowest BCUT2D eigenvalue weighted by atomic mass is 10.1. The Balaban J connectivity index is 1.60. The molecule has 0 fully saturated rings. The van der Waals surface area contributed by atoms with Crippen molar-refractivity contribution in [3.8, 4) is 5.75 Å². The first-order valence-electron chi connectivity index (χ1n) is 8.61. The van der Waals surface area contributed by atoms with Crippen molar-refractivity contribution in [1.29, 1.82) is 0 Å². The second-order valence-corrected chi connectivity index (χ2v) is 6.29. The lowest BCUT2D eigenvalue weighted by Crippen LogP contribution is -2.13. The molecular weight excluding hydrogens is 342 g/mol. The zero-order chi connectivity index (χ0) is 18.8. The molecule has 2 heterocycles. The van der Waals surface area contributed by atoms with Crippen molar-refractivity contribution in [3.05, 3.63) is 77.7 Å². The number of anilines is 1. The number of furan rings is 1. The standard InChI is InChI=1S/C21H19N3O3/c1-14-20(21(25)22-19-10-11-24(2)23-19)17-12-16(8-9-18(17)27-14)26-13-15-6-4-3-5-7-15/h3-12H,13H2,1-2H3,(H,22,23,25). The molecule has 0 unspecified atom stereocenters. The highest BCUT2D eigenvalue weighted by Gasteiger charge is 2.19. The van der Waals surface area contributed by atoms with Crippen LogP contribution in [0, 0.1) is 6.92 Å². The van der Waals surface area contributed by atoms with Crippen LogP contribution in [-0.4, -0.2) is 15.7 Å². The van der Waals surface area contributed by atoms with Gasteiger partial charge in [0.2, 0.25) is 0 Å². The Labute approximate surface area is 156 Å². The van der Waals surface area contributed by atoms with E-state index in [1.165, 1.54) is 0 Å². The van der Waals surface area contributed by atoms with Crippen molar-refractivity contribution in [2.24, 2.45) is 7.05 Å². The number of amides is 1. The topological polar surface area (TPSA) is 69.3 Å². The van der Waals surface area contributed by atoms with Crippen LogP contribution in [0.15, 0.2) is 65.2 Å². The van der Waals surface area contributed by atoms with Crippen LogP contribution in [0.1, 0.15) is 21.7 Å². The number of benzene rings is 2. The second kappa shape index (κ2) is 6.99. The molecule has 0 atom stereocenters. The van der Waals surface area contributed by atoms with E-state index in [0.29, 0.717) is 40.5 Å². The Hall–Kier alpha value is -3.54.